The third kappa shape index (κ3) is 3.11. The number of hydrogen-bond donors (Lipinski definition) is 2. The van der Waals surface area contributed by atoms with E-state index in [9.17, 15) is 14.0 Å². The molecule has 5 nitrogen and oxygen atoms in total. The lowest BCUT2D eigenvalue weighted by Gasteiger charge is -2.01. The van der Waals surface area contributed by atoms with Crippen molar-refractivity contribution in [2.24, 2.45) is 0 Å². The third-order valence-electron chi connectivity index (χ3n) is 4.17. The van der Waals surface area contributed by atoms with Crippen molar-refractivity contribution in [1.82, 2.24) is 0 Å². The number of furan rings is 1. The maximum atomic E-state index is 14.1. The highest BCUT2D eigenvalue weighted by Crippen LogP contribution is 2.36. The molecule has 134 valence electrons. The Bertz CT molecular complexity index is 1130. The lowest BCUT2D eigenvalue weighted by molar-refractivity contribution is -0.110. The van der Waals surface area contributed by atoms with Crippen LogP contribution in [0.3, 0.4) is 0 Å². The van der Waals surface area contributed by atoms with Crippen LogP contribution in [0.25, 0.3) is 23.0 Å². The summed E-state index contributed by atoms with van der Waals surface area (Å²) < 4.78 is 19.5. The zero-order chi connectivity index (χ0) is 19.1. The number of benzene rings is 2. The fraction of sp³-hybridized carbons (Fsp3) is 0. The summed E-state index contributed by atoms with van der Waals surface area (Å²) in [5, 5.41) is 12.3. The standard InChI is InChI=1S/C20H11ClFNO4/c21-12-2-4-17-13(8-12)14(19(24)23-17)5-10-6-18(27-9-10)15-7-11(20(25)26)1-3-16(15)22/h1-9H,(H,23,24)(H,25,26). The number of carboxylic acid groups (broad SMARTS) is 1. The Labute approximate surface area is 157 Å². The number of carbonyl (C=O) groups is 2. The molecule has 1 aliphatic heterocycles. The van der Waals surface area contributed by atoms with E-state index in [4.69, 9.17) is 21.1 Å². The SMILES string of the molecule is O=C1Nc2ccc(Cl)cc2C1=Cc1coc(-c2cc(C(=O)O)ccc2F)c1. The Morgan fingerprint density at radius 1 is 1.15 bits per heavy atom. The van der Waals surface area contributed by atoms with E-state index in [2.05, 4.69) is 5.32 Å². The largest absolute Gasteiger partial charge is 0.478 e. The van der Waals surface area contributed by atoms with Gasteiger partial charge in [0.25, 0.3) is 5.91 Å². The van der Waals surface area contributed by atoms with Crippen molar-refractivity contribution in [3.63, 3.8) is 0 Å². The second-order valence-electron chi connectivity index (χ2n) is 5.95. The number of rotatable bonds is 3. The Morgan fingerprint density at radius 3 is 2.74 bits per heavy atom. The highest BCUT2D eigenvalue weighted by atomic mass is 35.5. The van der Waals surface area contributed by atoms with Crippen molar-refractivity contribution in [2.75, 3.05) is 5.32 Å². The Kier molecular flexibility index (Phi) is 4.05. The fourth-order valence-electron chi connectivity index (χ4n) is 2.89. The molecular formula is C20H11ClFNO4. The number of carbonyl (C=O) groups excluding carboxylic acids is 1. The van der Waals surface area contributed by atoms with Gasteiger partial charge in [-0.15, -0.1) is 0 Å². The first-order chi connectivity index (χ1) is 12.9. The van der Waals surface area contributed by atoms with E-state index in [1.165, 1.54) is 24.5 Å². The predicted octanol–water partition coefficient (Wildman–Crippen LogP) is 4.93. The minimum atomic E-state index is -1.17. The first-order valence-electron chi connectivity index (χ1n) is 7.87. The van der Waals surface area contributed by atoms with Gasteiger partial charge in [0, 0.05) is 27.4 Å². The van der Waals surface area contributed by atoms with Crippen LogP contribution < -0.4 is 5.32 Å². The Balaban J connectivity index is 1.74. The van der Waals surface area contributed by atoms with Gasteiger partial charge in [0.15, 0.2) is 0 Å². The summed E-state index contributed by atoms with van der Waals surface area (Å²) in [4.78, 5) is 23.3. The summed E-state index contributed by atoms with van der Waals surface area (Å²) in [5.74, 6) is -1.90. The molecule has 1 amide bonds. The number of fused-ring (bicyclic) bond motifs is 1. The molecule has 1 aliphatic rings. The molecule has 3 aromatic rings. The second-order valence-corrected chi connectivity index (χ2v) is 6.38. The Morgan fingerprint density at radius 2 is 1.96 bits per heavy atom. The van der Waals surface area contributed by atoms with E-state index in [1.807, 2.05) is 0 Å². The first-order valence-corrected chi connectivity index (χ1v) is 8.25. The first kappa shape index (κ1) is 17.1. The summed E-state index contributed by atoms with van der Waals surface area (Å²) in [5.41, 5.74) is 2.22. The van der Waals surface area contributed by atoms with Crippen LogP contribution in [0.1, 0.15) is 21.5 Å². The van der Waals surface area contributed by atoms with Gasteiger partial charge >= 0.3 is 5.97 Å². The van der Waals surface area contributed by atoms with Gasteiger partial charge in [-0.1, -0.05) is 11.6 Å². The van der Waals surface area contributed by atoms with Crippen LogP contribution in [-0.4, -0.2) is 17.0 Å². The summed E-state index contributed by atoms with van der Waals surface area (Å²) in [6.45, 7) is 0. The van der Waals surface area contributed by atoms with E-state index in [0.717, 1.165) is 6.07 Å². The number of hydrogen-bond acceptors (Lipinski definition) is 3. The number of aromatic carboxylic acids is 1. The summed E-state index contributed by atoms with van der Waals surface area (Å²) in [6, 6.07) is 10.1. The molecule has 2 heterocycles. The van der Waals surface area contributed by atoms with Gasteiger partial charge in [-0.25, -0.2) is 9.18 Å². The van der Waals surface area contributed by atoms with Gasteiger partial charge in [-0.05, 0) is 48.5 Å². The van der Waals surface area contributed by atoms with E-state index < -0.39 is 11.8 Å². The normalized spacial score (nSPS) is 14.3. The van der Waals surface area contributed by atoms with E-state index in [0.29, 0.717) is 27.4 Å². The highest BCUT2D eigenvalue weighted by molar-refractivity contribution is 6.36. The summed E-state index contributed by atoms with van der Waals surface area (Å²) in [6.07, 6.45) is 2.97. The third-order valence-corrected chi connectivity index (χ3v) is 4.41. The van der Waals surface area contributed by atoms with Crippen molar-refractivity contribution in [3.8, 4) is 11.3 Å². The molecule has 7 heteroatoms. The molecule has 2 N–H and O–H groups in total. The van der Waals surface area contributed by atoms with Crippen LogP contribution in [-0.2, 0) is 4.79 Å². The van der Waals surface area contributed by atoms with Gasteiger partial charge in [0.1, 0.15) is 11.6 Å². The molecular weight excluding hydrogens is 373 g/mol. The minimum absolute atomic E-state index is 0.0267. The number of amides is 1. The average molecular weight is 384 g/mol. The van der Waals surface area contributed by atoms with Crippen molar-refractivity contribution in [2.45, 2.75) is 0 Å². The molecule has 0 bridgehead atoms. The van der Waals surface area contributed by atoms with Gasteiger partial charge < -0.3 is 14.8 Å². The molecule has 0 saturated carbocycles. The molecule has 0 atom stereocenters. The number of anilines is 1. The number of carboxylic acids is 1. The molecule has 0 spiro atoms. The summed E-state index contributed by atoms with van der Waals surface area (Å²) >= 11 is 6.01. The van der Waals surface area contributed by atoms with E-state index in [-0.39, 0.29) is 22.8 Å². The zero-order valence-electron chi connectivity index (χ0n) is 13.6. The molecule has 0 saturated heterocycles. The topological polar surface area (TPSA) is 79.5 Å². The zero-order valence-corrected chi connectivity index (χ0v) is 14.4. The van der Waals surface area contributed by atoms with E-state index >= 15 is 0 Å². The van der Waals surface area contributed by atoms with Crippen molar-refractivity contribution in [1.29, 1.82) is 0 Å². The predicted molar refractivity (Wildman–Crippen MR) is 99.0 cm³/mol. The van der Waals surface area contributed by atoms with Gasteiger partial charge in [-0.2, -0.15) is 0 Å². The van der Waals surface area contributed by atoms with Crippen LogP contribution in [0.5, 0.6) is 0 Å². The Hall–Kier alpha value is -3.38. The lowest BCUT2D eigenvalue weighted by Crippen LogP contribution is -2.03. The molecule has 4 rings (SSSR count). The smallest absolute Gasteiger partial charge is 0.335 e. The number of halogens is 2. The van der Waals surface area contributed by atoms with Crippen molar-refractivity contribution >= 4 is 40.8 Å². The molecule has 2 aromatic carbocycles. The number of nitrogens with one attached hydrogen (secondary N) is 1. The molecule has 1 aromatic heterocycles. The molecule has 0 aliphatic carbocycles. The van der Waals surface area contributed by atoms with Crippen molar-refractivity contribution in [3.05, 3.63) is 76.3 Å². The molecule has 0 fully saturated rings. The fourth-order valence-corrected chi connectivity index (χ4v) is 3.06. The quantitative estimate of drug-likeness (QED) is 0.628. The molecule has 0 radical (unpaired) electrons. The van der Waals surface area contributed by atoms with Crippen LogP contribution in [0.2, 0.25) is 5.02 Å². The van der Waals surface area contributed by atoms with Gasteiger partial charge in [0.05, 0.1) is 17.4 Å². The van der Waals surface area contributed by atoms with Gasteiger partial charge in [-0.3, -0.25) is 4.79 Å². The van der Waals surface area contributed by atoms with Crippen LogP contribution >= 0.6 is 11.6 Å². The van der Waals surface area contributed by atoms with Crippen molar-refractivity contribution < 1.29 is 23.5 Å². The molecule has 27 heavy (non-hydrogen) atoms. The maximum Gasteiger partial charge on any atom is 0.335 e. The highest BCUT2D eigenvalue weighted by Gasteiger charge is 2.24. The van der Waals surface area contributed by atoms with Crippen LogP contribution in [0.15, 0.2) is 53.1 Å². The van der Waals surface area contributed by atoms with Gasteiger partial charge in [0.2, 0.25) is 0 Å². The van der Waals surface area contributed by atoms with E-state index in [1.54, 1.807) is 24.3 Å². The van der Waals surface area contributed by atoms with Crippen LogP contribution in [0.4, 0.5) is 10.1 Å². The maximum absolute atomic E-state index is 14.1. The van der Waals surface area contributed by atoms with Crippen LogP contribution in [0, 0.1) is 5.82 Å². The second kappa shape index (κ2) is 6.41. The lowest BCUT2D eigenvalue weighted by atomic mass is 10.0. The molecule has 0 unspecified atom stereocenters. The summed E-state index contributed by atoms with van der Waals surface area (Å²) in [7, 11) is 0. The monoisotopic (exact) mass is 383 g/mol. The minimum Gasteiger partial charge on any atom is -0.478 e. The average Bonchev–Trinajstić information content (AvgIpc) is 3.21.